The van der Waals surface area contributed by atoms with Gasteiger partial charge in [-0.2, -0.15) is 5.10 Å². The molecule has 3 N–H and O–H groups in total. The van der Waals surface area contributed by atoms with Crippen LogP contribution in [0, 0.1) is 0 Å². The van der Waals surface area contributed by atoms with Crippen molar-refractivity contribution in [2.24, 2.45) is 10.8 Å². The minimum Gasteiger partial charge on any atom is -0.387 e. The molecule has 0 radical (unpaired) electrons. The van der Waals surface area contributed by atoms with Crippen molar-refractivity contribution in [2.45, 2.75) is 6.17 Å². The van der Waals surface area contributed by atoms with Crippen molar-refractivity contribution in [3.8, 4) is 0 Å². The summed E-state index contributed by atoms with van der Waals surface area (Å²) in [5.74, 6) is 0.621. The molecule has 1 atom stereocenters. The maximum absolute atomic E-state index is 5.47. The van der Waals surface area contributed by atoms with Crippen LogP contribution < -0.4 is 11.2 Å². The average Bonchev–Trinajstić information content (AvgIpc) is 2.47. The topological polar surface area (TPSA) is 53.6 Å². The molecule has 2 aliphatic heterocycles. The Kier molecular flexibility index (Phi) is 1.58. The highest BCUT2D eigenvalue weighted by Crippen LogP contribution is 2.12. The molecule has 0 fully saturated rings. The van der Waals surface area contributed by atoms with Crippen molar-refractivity contribution in [1.29, 1.82) is 0 Å². The van der Waals surface area contributed by atoms with E-state index in [0.29, 0.717) is 10.8 Å². The van der Waals surface area contributed by atoms with Crippen molar-refractivity contribution in [3.05, 3.63) is 24.4 Å². The molecule has 0 amide bonds. The maximum atomic E-state index is 5.47. The Morgan fingerprint density at radius 2 is 2.50 bits per heavy atom. The highest BCUT2D eigenvalue weighted by molar-refractivity contribution is 7.82. The molecule has 0 saturated heterocycles. The van der Waals surface area contributed by atoms with Crippen LogP contribution in [0.2, 0.25) is 0 Å². The summed E-state index contributed by atoms with van der Waals surface area (Å²) in [5.41, 5.74) is 8.36. The number of nitrogens with zero attached hydrogens (tertiary/aromatic N) is 2. The minimum atomic E-state index is 0.0755. The fraction of sp³-hybridized carbons (Fsp3) is 0.143. The van der Waals surface area contributed by atoms with Gasteiger partial charge in [0.05, 0.1) is 0 Å². The number of nitrogens with one attached hydrogen (secondary N) is 1. The summed E-state index contributed by atoms with van der Waals surface area (Å²) in [7, 11) is 0. The molecular weight excluding hydrogens is 172 g/mol. The second-order valence-corrected chi connectivity index (χ2v) is 2.95. The number of fused-ring (bicyclic) bond motifs is 1. The number of allylic oxidation sites excluding steroid dienone is 2. The lowest BCUT2D eigenvalue weighted by atomic mass is 10.3. The van der Waals surface area contributed by atoms with Crippen LogP contribution in [0.1, 0.15) is 0 Å². The Morgan fingerprint density at radius 1 is 1.67 bits per heavy atom. The van der Waals surface area contributed by atoms with E-state index in [4.69, 9.17) is 18.0 Å². The van der Waals surface area contributed by atoms with Gasteiger partial charge in [0, 0.05) is 6.20 Å². The minimum absolute atomic E-state index is 0.0755. The number of hydrogen-bond donors (Lipinski definition) is 2. The molecule has 0 aromatic heterocycles. The number of rotatable bonds is 1. The quantitative estimate of drug-likeness (QED) is 0.553. The summed E-state index contributed by atoms with van der Waals surface area (Å²) in [5, 5.41) is 4.00. The first-order chi connectivity index (χ1) is 5.79. The van der Waals surface area contributed by atoms with E-state index in [1.807, 2.05) is 29.3 Å². The van der Waals surface area contributed by atoms with Crippen molar-refractivity contribution in [2.75, 3.05) is 0 Å². The molecule has 2 heterocycles. The van der Waals surface area contributed by atoms with Crippen molar-refractivity contribution >= 4 is 23.0 Å². The third kappa shape index (κ3) is 0.984. The molecule has 0 aromatic rings. The van der Waals surface area contributed by atoms with Gasteiger partial charge < -0.3 is 10.6 Å². The summed E-state index contributed by atoms with van der Waals surface area (Å²) in [4.78, 5) is 2.20. The van der Waals surface area contributed by atoms with Gasteiger partial charge in [0.1, 0.15) is 11.2 Å². The van der Waals surface area contributed by atoms with Crippen LogP contribution in [-0.4, -0.2) is 21.9 Å². The lowest BCUT2D eigenvalue weighted by Crippen LogP contribution is -2.40. The van der Waals surface area contributed by atoms with Gasteiger partial charge in [-0.25, -0.2) is 0 Å². The van der Waals surface area contributed by atoms with Gasteiger partial charge in [-0.15, -0.1) is 0 Å². The lowest BCUT2D eigenvalue weighted by molar-refractivity contribution is 0.447. The molecule has 1 unspecified atom stereocenters. The number of thiocarbonyl (C=S) groups is 1. The molecule has 4 nitrogen and oxygen atoms in total. The fourth-order valence-electron chi connectivity index (χ4n) is 1.17. The predicted molar refractivity (Wildman–Crippen MR) is 51.3 cm³/mol. The molecule has 0 saturated carbocycles. The first-order valence-electron chi connectivity index (χ1n) is 3.55. The van der Waals surface area contributed by atoms with Crippen LogP contribution in [0.4, 0.5) is 0 Å². The Balaban J connectivity index is 2.26. The molecule has 2 aliphatic rings. The molecule has 5 heteroatoms. The molecular formula is C7H8N4S. The summed E-state index contributed by atoms with van der Waals surface area (Å²) in [6, 6.07) is 0. The standard InChI is InChI=1S/C7H8N4S/c8-6(12)7-10-9-5-3-1-2-4-11(5)7/h1-5,9H,(H2,8,12). The number of hydrogen-bond acceptors (Lipinski definition) is 4. The third-order valence-corrected chi connectivity index (χ3v) is 1.90. The van der Waals surface area contributed by atoms with E-state index in [9.17, 15) is 0 Å². The van der Waals surface area contributed by atoms with Gasteiger partial charge in [0.25, 0.3) is 0 Å². The molecule has 0 bridgehead atoms. The Morgan fingerprint density at radius 3 is 3.25 bits per heavy atom. The first kappa shape index (κ1) is 7.30. The molecule has 0 aliphatic carbocycles. The second kappa shape index (κ2) is 2.60. The van der Waals surface area contributed by atoms with E-state index in [2.05, 4.69) is 10.5 Å². The van der Waals surface area contributed by atoms with E-state index < -0.39 is 0 Å². The average molecular weight is 180 g/mol. The molecule has 12 heavy (non-hydrogen) atoms. The number of nitrogens with two attached hydrogens (primary N) is 1. The smallest absolute Gasteiger partial charge is 0.189 e. The SMILES string of the molecule is NC(=S)C1=NNC2C=CC=CN12. The monoisotopic (exact) mass is 180 g/mol. The zero-order valence-electron chi connectivity index (χ0n) is 6.27. The van der Waals surface area contributed by atoms with Crippen LogP contribution in [0.15, 0.2) is 29.5 Å². The van der Waals surface area contributed by atoms with Gasteiger partial charge in [0.2, 0.25) is 0 Å². The highest BCUT2D eigenvalue weighted by Gasteiger charge is 2.26. The first-order valence-corrected chi connectivity index (χ1v) is 3.96. The molecule has 62 valence electrons. The van der Waals surface area contributed by atoms with Crippen molar-refractivity contribution < 1.29 is 0 Å². The number of hydrazone groups is 1. The Hall–Kier alpha value is -1.36. The van der Waals surface area contributed by atoms with Gasteiger partial charge >= 0.3 is 0 Å². The zero-order valence-corrected chi connectivity index (χ0v) is 7.08. The summed E-state index contributed by atoms with van der Waals surface area (Å²) in [6.45, 7) is 0. The van der Waals surface area contributed by atoms with Crippen molar-refractivity contribution in [1.82, 2.24) is 10.3 Å². The van der Waals surface area contributed by atoms with E-state index in [0.717, 1.165) is 0 Å². The Bertz CT molecular complexity index is 305. The van der Waals surface area contributed by atoms with Crippen LogP contribution in [-0.2, 0) is 0 Å². The summed E-state index contributed by atoms with van der Waals surface area (Å²) >= 11 is 4.83. The van der Waals surface area contributed by atoms with Crippen LogP contribution in [0.5, 0.6) is 0 Å². The van der Waals surface area contributed by atoms with Crippen molar-refractivity contribution in [3.63, 3.8) is 0 Å². The highest BCUT2D eigenvalue weighted by atomic mass is 32.1. The largest absolute Gasteiger partial charge is 0.387 e. The third-order valence-electron chi connectivity index (χ3n) is 1.72. The summed E-state index contributed by atoms with van der Waals surface area (Å²) < 4.78 is 0. The van der Waals surface area contributed by atoms with Gasteiger partial charge in [-0.3, -0.25) is 5.43 Å². The molecule has 0 spiro atoms. The van der Waals surface area contributed by atoms with E-state index in [1.54, 1.807) is 0 Å². The predicted octanol–water partition coefficient (Wildman–Crippen LogP) is -0.0992. The van der Waals surface area contributed by atoms with Crippen LogP contribution in [0.3, 0.4) is 0 Å². The summed E-state index contributed by atoms with van der Waals surface area (Å²) in [6.07, 6.45) is 7.81. The van der Waals surface area contributed by atoms with Crippen LogP contribution >= 0.6 is 12.2 Å². The molecule has 2 rings (SSSR count). The van der Waals surface area contributed by atoms with E-state index >= 15 is 0 Å². The zero-order chi connectivity index (χ0) is 8.55. The normalized spacial score (nSPS) is 24.8. The van der Waals surface area contributed by atoms with E-state index in [-0.39, 0.29) is 6.17 Å². The van der Waals surface area contributed by atoms with Gasteiger partial charge in [-0.1, -0.05) is 18.3 Å². The Labute approximate surface area is 75.4 Å². The fourth-order valence-corrected chi connectivity index (χ4v) is 1.32. The maximum Gasteiger partial charge on any atom is 0.189 e. The second-order valence-electron chi connectivity index (χ2n) is 2.51. The van der Waals surface area contributed by atoms with Gasteiger partial charge in [0.15, 0.2) is 5.84 Å². The lowest BCUT2D eigenvalue weighted by Gasteiger charge is -2.21. The van der Waals surface area contributed by atoms with Gasteiger partial charge in [-0.05, 0) is 12.2 Å². The number of amidine groups is 1. The molecule has 0 aromatic carbocycles. The van der Waals surface area contributed by atoms with Crippen LogP contribution in [0.25, 0.3) is 0 Å². The van der Waals surface area contributed by atoms with E-state index in [1.165, 1.54) is 0 Å².